The van der Waals surface area contributed by atoms with E-state index >= 15 is 0 Å². The summed E-state index contributed by atoms with van der Waals surface area (Å²) < 4.78 is 6.16. The van der Waals surface area contributed by atoms with Crippen LogP contribution in [0.4, 0.5) is 0 Å². The molecule has 2 aliphatic rings. The maximum Gasteiger partial charge on any atom is 0.120 e. The lowest BCUT2D eigenvalue weighted by Gasteiger charge is -2.30. The van der Waals surface area contributed by atoms with Crippen molar-refractivity contribution < 1.29 is 4.74 Å². The minimum absolute atomic E-state index is 0.352. The van der Waals surface area contributed by atoms with E-state index in [1.54, 1.807) is 0 Å². The van der Waals surface area contributed by atoms with Gasteiger partial charge in [0, 0.05) is 12.6 Å². The standard InChI is InChI=1S/C16H24N2O/c1-18-10-4-7-15(12-18)19-14-6-2-5-13(11-14)16-8-3-9-17-16/h2,5-6,11,15-17H,3-4,7-10,12H2,1H3. The number of rotatable bonds is 3. The SMILES string of the molecule is CN1CCCC(Oc2cccc(C3CCCN3)c2)C1. The molecule has 104 valence electrons. The maximum atomic E-state index is 6.16. The summed E-state index contributed by atoms with van der Waals surface area (Å²) in [5.74, 6) is 1.03. The highest BCUT2D eigenvalue weighted by Crippen LogP contribution is 2.27. The van der Waals surface area contributed by atoms with Gasteiger partial charge in [0.2, 0.25) is 0 Å². The summed E-state index contributed by atoms with van der Waals surface area (Å²) in [5.41, 5.74) is 1.37. The molecule has 0 radical (unpaired) electrons. The monoisotopic (exact) mass is 260 g/mol. The molecule has 0 bridgehead atoms. The number of ether oxygens (including phenoxy) is 1. The molecule has 3 rings (SSSR count). The van der Waals surface area contributed by atoms with E-state index in [1.165, 1.54) is 37.8 Å². The molecule has 2 fully saturated rings. The van der Waals surface area contributed by atoms with E-state index < -0.39 is 0 Å². The fourth-order valence-corrected chi connectivity index (χ4v) is 3.18. The molecule has 1 N–H and O–H groups in total. The Balaban J connectivity index is 1.65. The molecule has 0 aromatic heterocycles. The summed E-state index contributed by atoms with van der Waals surface area (Å²) >= 11 is 0. The van der Waals surface area contributed by atoms with Gasteiger partial charge in [-0.05, 0) is 63.5 Å². The van der Waals surface area contributed by atoms with Crippen LogP contribution in [0.25, 0.3) is 0 Å². The van der Waals surface area contributed by atoms with Crippen molar-refractivity contribution >= 4 is 0 Å². The van der Waals surface area contributed by atoms with Crippen LogP contribution in [0, 0.1) is 0 Å². The highest BCUT2D eigenvalue weighted by atomic mass is 16.5. The van der Waals surface area contributed by atoms with Crippen molar-refractivity contribution in [2.24, 2.45) is 0 Å². The van der Waals surface area contributed by atoms with Crippen LogP contribution in [-0.2, 0) is 0 Å². The van der Waals surface area contributed by atoms with E-state index in [2.05, 4.69) is 41.5 Å². The van der Waals surface area contributed by atoms with Crippen molar-refractivity contribution in [3.63, 3.8) is 0 Å². The van der Waals surface area contributed by atoms with E-state index in [-0.39, 0.29) is 0 Å². The van der Waals surface area contributed by atoms with Gasteiger partial charge < -0.3 is 15.0 Å². The van der Waals surface area contributed by atoms with Crippen molar-refractivity contribution in [2.45, 2.75) is 37.8 Å². The van der Waals surface area contributed by atoms with Crippen LogP contribution in [0.3, 0.4) is 0 Å². The lowest BCUT2D eigenvalue weighted by molar-refractivity contribution is 0.104. The molecule has 3 nitrogen and oxygen atoms in total. The number of hydrogen-bond acceptors (Lipinski definition) is 3. The van der Waals surface area contributed by atoms with E-state index in [0.717, 1.165) is 18.8 Å². The third kappa shape index (κ3) is 3.28. The quantitative estimate of drug-likeness (QED) is 0.904. The summed E-state index contributed by atoms with van der Waals surface area (Å²) in [5, 5.41) is 3.55. The molecule has 19 heavy (non-hydrogen) atoms. The topological polar surface area (TPSA) is 24.5 Å². The predicted molar refractivity (Wildman–Crippen MR) is 77.6 cm³/mol. The highest BCUT2D eigenvalue weighted by Gasteiger charge is 2.20. The van der Waals surface area contributed by atoms with Gasteiger partial charge in [-0.1, -0.05) is 12.1 Å². The minimum Gasteiger partial charge on any atom is -0.489 e. The van der Waals surface area contributed by atoms with Crippen LogP contribution in [0.1, 0.15) is 37.3 Å². The van der Waals surface area contributed by atoms with Crippen molar-refractivity contribution in [3.8, 4) is 5.75 Å². The van der Waals surface area contributed by atoms with Crippen molar-refractivity contribution in [3.05, 3.63) is 29.8 Å². The maximum absolute atomic E-state index is 6.16. The summed E-state index contributed by atoms with van der Waals surface area (Å²) in [6, 6.07) is 9.17. The first-order valence-corrected chi connectivity index (χ1v) is 7.50. The third-order valence-electron chi connectivity index (χ3n) is 4.20. The van der Waals surface area contributed by atoms with Crippen molar-refractivity contribution in [2.75, 3.05) is 26.7 Å². The molecular formula is C16H24N2O. The molecule has 1 aromatic rings. The molecule has 2 unspecified atom stereocenters. The Bertz CT molecular complexity index is 415. The summed E-state index contributed by atoms with van der Waals surface area (Å²) in [6.45, 7) is 3.39. The fourth-order valence-electron chi connectivity index (χ4n) is 3.18. The van der Waals surface area contributed by atoms with Crippen molar-refractivity contribution in [1.29, 1.82) is 0 Å². The molecule has 0 saturated carbocycles. The number of benzene rings is 1. The van der Waals surface area contributed by atoms with Gasteiger partial charge in [-0.15, -0.1) is 0 Å². The van der Waals surface area contributed by atoms with E-state index in [4.69, 9.17) is 4.74 Å². The van der Waals surface area contributed by atoms with E-state index in [9.17, 15) is 0 Å². The molecular weight excluding hydrogens is 236 g/mol. The fraction of sp³-hybridized carbons (Fsp3) is 0.625. The number of piperidine rings is 1. The smallest absolute Gasteiger partial charge is 0.120 e. The molecule has 2 heterocycles. The Morgan fingerprint density at radius 2 is 2.21 bits per heavy atom. The van der Waals surface area contributed by atoms with Gasteiger partial charge in [0.25, 0.3) is 0 Å². The summed E-state index contributed by atoms with van der Waals surface area (Å²) in [4.78, 5) is 2.36. The van der Waals surface area contributed by atoms with Gasteiger partial charge in [0.1, 0.15) is 11.9 Å². The normalized spacial score (nSPS) is 28.5. The Labute approximate surface area is 115 Å². The Morgan fingerprint density at radius 1 is 1.26 bits per heavy atom. The summed E-state index contributed by atoms with van der Waals surface area (Å²) in [7, 11) is 2.17. The molecule has 0 spiro atoms. The van der Waals surface area contributed by atoms with Crippen LogP contribution in [0.5, 0.6) is 5.75 Å². The second kappa shape index (κ2) is 5.93. The first-order chi connectivity index (χ1) is 9.31. The highest BCUT2D eigenvalue weighted by molar-refractivity contribution is 5.31. The van der Waals surface area contributed by atoms with Gasteiger partial charge in [0.05, 0.1) is 0 Å². The largest absolute Gasteiger partial charge is 0.489 e. The second-order valence-electron chi connectivity index (χ2n) is 5.87. The Hall–Kier alpha value is -1.06. The number of likely N-dealkylation sites (N-methyl/N-ethyl adjacent to an activating group) is 1. The zero-order valence-electron chi connectivity index (χ0n) is 11.8. The van der Waals surface area contributed by atoms with Crippen molar-refractivity contribution in [1.82, 2.24) is 10.2 Å². The lowest BCUT2D eigenvalue weighted by Crippen LogP contribution is -2.38. The van der Waals surface area contributed by atoms with Crippen LogP contribution in [0.15, 0.2) is 24.3 Å². The van der Waals surface area contributed by atoms with Crippen LogP contribution in [-0.4, -0.2) is 37.7 Å². The Morgan fingerprint density at radius 3 is 3.00 bits per heavy atom. The summed E-state index contributed by atoms with van der Waals surface area (Å²) in [6.07, 6.45) is 5.30. The van der Waals surface area contributed by atoms with Gasteiger partial charge in [0.15, 0.2) is 0 Å². The van der Waals surface area contributed by atoms with Gasteiger partial charge >= 0.3 is 0 Å². The first-order valence-electron chi connectivity index (χ1n) is 7.50. The molecule has 2 atom stereocenters. The molecule has 1 aromatic carbocycles. The zero-order valence-corrected chi connectivity index (χ0v) is 11.8. The number of nitrogens with zero attached hydrogens (tertiary/aromatic N) is 1. The van der Waals surface area contributed by atoms with E-state index in [0.29, 0.717) is 12.1 Å². The molecule has 2 saturated heterocycles. The zero-order chi connectivity index (χ0) is 13.1. The third-order valence-corrected chi connectivity index (χ3v) is 4.20. The first kappa shape index (κ1) is 12.9. The number of hydrogen-bond donors (Lipinski definition) is 1. The average Bonchev–Trinajstić information content (AvgIpc) is 2.93. The molecule has 2 aliphatic heterocycles. The lowest BCUT2D eigenvalue weighted by atomic mass is 10.0. The van der Waals surface area contributed by atoms with Crippen LogP contribution < -0.4 is 10.1 Å². The molecule has 3 heteroatoms. The minimum atomic E-state index is 0.352. The van der Waals surface area contributed by atoms with Gasteiger partial charge in [-0.3, -0.25) is 0 Å². The van der Waals surface area contributed by atoms with Gasteiger partial charge in [-0.25, -0.2) is 0 Å². The molecule has 0 amide bonds. The number of likely N-dealkylation sites (tertiary alicyclic amines) is 1. The average molecular weight is 260 g/mol. The number of nitrogens with one attached hydrogen (secondary N) is 1. The van der Waals surface area contributed by atoms with Crippen LogP contribution in [0.2, 0.25) is 0 Å². The Kier molecular flexibility index (Phi) is 4.04. The second-order valence-corrected chi connectivity index (χ2v) is 5.87. The van der Waals surface area contributed by atoms with Gasteiger partial charge in [-0.2, -0.15) is 0 Å². The predicted octanol–water partition coefficient (Wildman–Crippen LogP) is 2.58. The molecule has 0 aliphatic carbocycles. The van der Waals surface area contributed by atoms with E-state index in [1.807, 2.05) is 0 Å². The van der Waals surface area contributed by atoms with Crippen LogP contribution >= 0.6 is 0 Å².